The third-order valence-corrected chi connectivity index (χ3v) is 12.7. The summed E-state index contributed by atoms with van der Waals surface area (Å²) in [6, 6.07) is 22.5. The summed E-state index contributed by atoms with van der Waals surface area (Å²) in [5, 5.41) is 2.18. The number of urea groups is 1. The molecule has 52 heavy (non-hydrogen) atoms. The fourth-order valence-electron chi connectivity index (χ4n) is 10.1. The molecule has 11 rings (SSSR count). The molecular weight excluding hydrogens is 638 g/mol. The molecule has 0 saturated carbocycles. The molecule has 2 amide bonds. The van der Waals surface area contributed by atoms with Crippen LogP contribution in [0, 0.1) is 27.7 Å². The number of nitrogens with zero attached hydrogens (tertiary/aromatic N) is 6. The highest BCUT2D eigenvalue weighted by Gasteiger charge is 2.51. The molecule has 6 aromatic rings. The third kappa shape index (κ3) is 3.97. The van der Waals surface area contributed by atoms with E-state index in [-0.39, 0.29) is 19.5 Å². The molecule has 0 unspecified atom stereocenters. The van der Waals surface area contributed by atoms with Gasteiger partial charge in [0.25, 0.3) is 13.4 Å². The molecule has 2 aromatic heterocycles. The van der Waals surface area contributed by atoms with Crippen LogP contribution in [0.25, 0.3) is 10.8 Å². The smallest absolute Gasteiger partial charge is 0.262 e. The predicted molar refractivity (Wildman–Crippen MR) is 212 cm³/mol. The molecule has 5 heterocycles. The number of aryl methyl sites for hydroxylation is 6. The van der Waals surface area contributed by atoms with Crippen LogP contribution in [0.1, 0.15) is 70.7 Å². The van der Waals surface area contributed by atoms with Gasteiger partial charge in [0.1, 0.15) is 0 Å². The summed E-state index contributed by atoms with van der Waals surface area (Å²) in [7, 11) is 0. The van der Waals surface area contributed by atoms with Crippen molar-refractivity contribution in [3.05, 3.63) is 106 Å². The van der Waals surface area contributed by atoms with E-state index in [1.165, 1.54) is 58.9 Å². The van der Waals surface area contributed by atoms with E-state index < -0.39 is 0 Å². The van der Waals surface area contributed by atoms with Gasteiger partial charge in [-0.1, -0.05) is 71.6 Å². The fourth-order valence-corrected chi connectivity index (χ4v) is 10.1. The fraction of sp³-hybridized carbons (Fsp3) is 0.279. The van der Waals surface area contributed by atoms with Gasteiger partial charge in [0.2, 0.25) is 0 Å². The second kappa shape index (κ2) is 10.9. The molecule has 7 nitrogen and oxygen atoms in total. The van der Waals surface area contributed by atoms with Gasteiger partial charge in [0, 0.05) is 5.39 Å². The number of carbonyl (C=O) groups excluding carboxylic acids is 1. The van der Waals surface area contributed by atoms with Crippen LogP contribution in [0.3, 0.4) is 0 Å². The van der Waals surface area contributed by atoms with Crippen molar-refractivity contribution in [2.24, 2.45) is 0 Å². The lowest BCUT2D eigenvalue weighted by atomic mass is 9.34. The minimum atomic E-state index is -0.173. The number of amides is 2. The van der Waals surface area contributed by atoms with Crippen molar-refractivity contribution in [1.29, 1.82) is 0 Å². The molecular formula is C43H38B2N6O. The van der Waals surface area contributed by atoms with Gasteiger partial charge >= 0.3 is 6.03 Å². The first-order chi connectivity index (χ1) is 25.4. The second-order valence-corrected chi connectivity index (χ2v) is 15.5. The molecule has 0 fully saturated rings. The van der Waals surface area contributed by atoms with E-state index in [1.807, 2.05) is 37.5 Å². The predicted octanol–water partition coefficient (Wildman–Crippen LogP) is 4.48. The SMILES string of the molecule is Cc1nc2c(nc1C)N1C(=O)N3c4nc(C)c(C)nc4B(c4cccc5c4CCCC5)c4ccc5ccc(c1c5c43)B2c1cccc2c1CCCC2. The van der Waals surface area contributed by atoms with E-state index in [4.69, 9.17) is 19.9 Å². The quantitative estimate of drug-likeness (QED) is 0.253. The van der Waals surface area contributed by atoms with Crippen molar-refractivity contribution in [2.45, 2.75) is 79.1 Å². The number of carbonyl (C=O) groups is 1. The molecule has 252 valence electrons. The topological polar surface area (TPSA) is 75.1 Å². The highest BCUT2D eigenvalue weighted by molar-refractivity contribution is 6.99. The van der Waals surface area contributed by atoms with E-state index in [2.05, 4.69) is 60.7 Å². The zero-order chi connectivity index (χ0) is 35.0. The van der Waals surface area contributed by atoms with Gasteiger partial charge in [0.05, 0.1) is 45.3 Å². The molecule has 0 atom stereocenters. The van der Waals surface area contributed by atoms with Gasteiger partial charge in [0.15, 0.2) is 11.6 Å². The van der Waals surface area contributed by atoms with Crippen LogP contribution in [-0.2, 0) is 25.7 Å². The average Bonchev–Trinajstić information content (AvgIpc) is 3.16. The van der Waals surface area contributed by atoms with Crippen LogP contribution in [0.4, 0.5) is 27.8 Å². The number of hydrogen-bond acceptors (Lipinski definition) is 5. The maximum atomic E-state index is 15.5. The standard InChI is InChI=1S/C43H38B2N6O/c1-23-25(3)48-41-39(46-23)44(32-17-9-13-27-11-5-7-15-30(27)32)34-21-19-29-20-22-35-38-36(29)37(34)50(41)43(52)51(38)42-40(47-24(2)26(4)49-42)45(35)33-18-10-14-28-12-6-8-16-31(28)33/h9-10,13-14,17-22H,5-8,11-12,15-16H2,1-4H3. The molecule has 0 radical (unpaired) electrons. The van der Waals surface area contributed by atoms with E-state index in [9.17, 15) is 0 Å². The van der Waals surface area contributed by atoms with E-state index >= 15 is 4.79 Å². The Morgan fingerprint density at radius 3 is 1.44 bits per heavy atom. The lowest BCUT2D eigenvalue weighted by Crippen LogP contribution is -2.66. The minimum absolute atomic E-state index is 0.141. The summed E-state index contributed by atoms with van der Waals surface area (Å²) in [4.78, 5) is 40.3. The summed E-state index contributed by atoms with van der Waals surface area (Å²) in [6.07, 6.45) is 9.12. The van der Waals surface area contributed by atoms with Crippen molar-refractivity contribution in [3.63, 3.8) is 0 Å². The number of benzene rings is 4. The normalized spacial score (nSPS) is 16.5. The minimum Gasteiger partial charge on any atom is -0.262 e. The highest BCUT2D eigenvalue weighted by Crippen LogP contribution is 2.46. The summed E-state index contributed by atoms with van der Waals surface area (Å²) >= 11 is 0. The van der Waals surface area contributed by atoms with Crippen molar-refractivity contribution in [1.82, 2.24) is 19.9 Å². The molecule has 0 saturated heterocycles. The zero-order valence-corrected chi connectivity index (χ0v) is 30.2. The van der Waals surface area contributed by atoms with E-state index in [1.54, 1.807) is 0 Å². The Bertz CT molecular complexity index is 2430. The van der Waals surface area contributed by atoms with E-state index in [0.29, 0.717) is 11.6 Å². The van der Waals surface area contributed by atoms with Gasteiger partial charge in [-0.05, 0) is 118 Å². The molecule has 4 aromatic carbocycles. The Balaban J connectivity index is 1.26. The Hall–Kier alpha value is -5.30. The van der Waals surface area contributed by atoms with Crippen molar-refractivity contribution in [2.75, 3.05) is 9.80 Å². The van der Waals surface area contributed by atoms with Gasteiger partial charge in [-0.15, -0.1) is 0 Å². The van der Waals surface area contributed by atoms with Crippen LogP contribution in [0.5, 0.6) is 0 Å². The molecule has 0 N–H and O–H groups in total. The first kappa shape index (κ1) is 30.3. The van der Waals surface area contributed by atoms with Gasteiger partial charge < -0.3 is 0 Å². The number of aromatic nitrogens is 4. The summed E-state index contributed by atoms with van der Waals surface area (Å²) in [6.45, 7) is 7.77. The van der Waals surface area contributed by atoms with Crippen LogP contribution >= 0.6 is 0 Å². The summed E-state index contributed by atoms with van der Waals surface area (Å²) < 4.78 is 0. The highest BCUT2D eigenvalue weighted by atomic mass is 16.2. The summed E-state index contributed by atoms with van der Waals surface area (Å²) in [5.41, 5.74) is 17.6. The average molecular weight is 676 g/mol. The Kier molecular flexibility index (Phi) is 6.34. The largest absolute Gasteiger partial charge is 0.340 e. The number of fused-ring (bicyclic) bond motifs is 6. The molecule has 3 aliphatic heterocycles. The van der Waals surface area contributed by atoms with Crippen molar-refractivity contribution in [3.8, 4) is 0 Å². The van der Waals surface area contributed by atoms with Crippen molar-refractivity contribution < 1.29 is 4.79 Å². The Labute approximate surface area is 304 Å². The van der Waals surface area contributed by atoms with Crippen molar-refractivity contribution >= 4 is 86.3 Å². The first-order valence-corrected chi connectivity index (χ1v) is 19.0. The van der Waals surface area contributed by atoms with Crippen LogP contribution in [-0.4, -0.2) is 39.4 Å². The van der Waals surface area contributed by atoms with Crippen LogP contribution in [0.15, 0.2) is 60.7 Å². The first-order valence-electron chi connectivity index (χ1n) is 19.0. The molecule has 9 heteroatoms. The Morgan fingerprint density at radius 1 is 0.519 bits per heavy atom. The Morgan fingerprint density at radius 2 is 0.962 bits per heavy atom. The maximum absolute atomic E-state index is 15.5. The van der Waals surface area contributed by atoms with E-state index in [0.717, 1.165) is 92.7 Å². The number of anilines is 4. The molecule has 0 spiro atoms. The summed E-state index contributed by atoms with van der Waals surface area (Å²) in [5.74, 6) is 1.25. The number of rotatable bonds is 2. The molecule has 2 aliphatic carbocycles. The third-order valence-electron chi connectivity index (χ3n) is 12.7. The van der Waals surface area contributed by atoms with Crippen LogP contribution in [0.2, 0.25) is 0 Å². The van der Waals surface area contributed by atoms with Gasteiger partial charge in [-0.25, -0.2) is 24.6 Å². The lowest BCUT2D eigenvalue weighted by Gasteiger charge is -2.45. The van der Waals surface area contributed by atoms with Gasteiger partial charge in [-0.3, -0.25) is 9.97 Å². The maximum Gasteiger partial charge on any atom is 0.340 e. The zero-order valence-electron chi connectivity index (χ0n) is 30.2. The van der Waals surface area contributed by atoms with Gasteiger partial charge in [-0.2, -0.15) is 0 Å². The molecule has 5 aliphatic rings. The molecule has 0 bridgehead atoms. The monoisotopic (exact) mass is 676 g/mol. The number of hydrogen-bond donors (Lipinski definition) is 0. The second-order valence-electron chi connectivity index (χ2n) is 15.5. The lowest BCUT2D eigenvalue weighted by molar-refractivity contribution is 0.255. The van der Waals surface area contributed by atoms with Crippen LogP contribution < -0.4 is 42.8 Å².